The predicted molar refractivity (Wildman–Crippen MR) is 109 cm³/mol. The maximum absolute atomic E-state index is 13.6. The molecule has 5 aromatic rings. The Hall–Kier alpha value is -4.20. The Kier molecular flexibility index (Phi) is 4.17. The normalized spacial score (nSPS) is 11.1. The number of methoxy groups -OCH3 is 1. The van der Waals surface area contributed by atoms with Gasteiger partial charge in [0.05, 0.1) is 29.6 Å². The summed E-state index contributed by atoms with van der Waals surface area (Å²) in [5.74, 6) is -0.905. The van der Waals surface area contributed by atoms with Crippen molar-refractivity contribution in [3.63, 3.8) is 0 Å². The number of hydrogen-bond donors (Lipinski definition) is 0. The molecule has 7 nitrogen and oxygen atoms in total. The molecule has 0 aliphatic rings. The van der Waals surface area contributed by atoms with Crippen LogP contribution in [0.3, 0.4) is 0 Å². The SMILES string of the molecule is COC(=O)c1cc(-c2cccnc2)nc2ccc3nn(-c4cccc(F)c4)nc3c12. The minimum Gasteiger partial charge on any atom is -0.465 e. The molecule has 0 aliphatic carbocycles. The first kappa shape index (κ1) is 17.9. The van der Waals surface area contributed by atoms with Crippen molar-refractivity contribution in [2.75, 3.05) is 7.11 Å². The van der Waals surface area contributed by atoms with Crippen LogP contribution in [-0.2, 0) is 4.74 Å². The number of ether oxygens (including phenoxy) is 1. The van der Waals surface area contributed by atoms with Crippen LogP contribution in [0.4, 0.5) is 4.39 Å². The summed E-state index contributed by atoms with van der Waals surface area (Å²) in [6.07, 6.45) is 3.34. The Labute approximate surface area is 169 Å². The van der Waals surface area contributed by atoms with Crippen molar-refractivity contribution in [3.05, 3.63) is 78.4 Å². The standard InChI is InChI=1S/C22H14FN5O2/c1-30-22(29)16-11-19(13-4-3-9-24-12-13)25-17-7-8-18-21(20(16)17)27-28(26-18)15-6-2-5-14(23)10-15/h2-12H,1H3. The van der Waals surface area contributed by atoms with Crippen LogP contribution >= 0.6 is 0 Å². The summed E-state index contributed by atoms with van der Waals surface area (Å²) in [5.41, 5.74) is 3.74. The van der Waals surface area contributed by atoms with Crippen molar-refractivity contribution in [1.82, 2.24) is 25.0 Å². The highest BCUT2D eigenvalue weighted by Crippen LogP contribution is 2.30. The smallest absolute Gasteiger partial charge is 0.338 e. The fourth-order valence-corrected chi connectivity index (χ4v) is 3.35. The molecule has 0 atom stereocenters. The number of halogens is 1. The minimum atomic E-state index is -0.514. The van der Waals surface area contributed by atoms with Crippen LogP contribution in [0, 0.1) is 5.82 Å². The molecule has 3 heterocycles. The summed E-state index contributed by atoms with van der Waals surface area (Å²) >= 11 is 0. The van der Waals surface area contributed by atoms with Crippen LogP contribution in [0.5, 0.6) is 0 Å². The van der Waals surface area contributed by atoms with Gasteiger partial charge in [0.2, 0.25) is 0 Å². The van der Waals surface area contributed by atoms with Gasteiger partial charge in [-0.25, -0.2) is 14.2 Å². The second kappa shape index (κ2) is 7.00. The largest absolute Gasteiger partial charge is 0.465 e. The lowest BCUT2D eigenvalue weighted by Gasteiger charge is -2.08. The number of esters is 1. The van der Waals surface area contributed by atoms with Gasteiger partial charge >= 0.3 is 5.97 Å². The molecule has 2 aromatic carbocycles. The van der Waals surface area contributed by atoms with Crippen LogP contribution in [0.25, 0.3) is 38.9 Å². The molecular weight excluding hydrogens is 385 g/mol. The average Bonchev–Trinajstić information content (AvgIpc) is 3.23. The van der Waals surface area contributed by atoms with Crippen molar-refractivity contribution < 1.29 is 13.9 Å². The first-order valence-corrected chi connectivity index (χ1v) is 9.09. The zero-order valence-electron chi connectivity index (χ0n) is 15.8. The molecule has 3 aromatic heterocycles. The van der Waals surface area contributed by atoms with Gasteiger partial charge in [-0.2, -0.15) is 4.80 Å². The van der Waals surface area contributed by atoms with E-state index in [1.54, 1.807) is 48.8 Å². The summed E-state index contributed by atoms with van der Waals surface area (Å²) in [6, 6.07) is 14.8. The molecule has 0 saturated carbocycles. The lowest BCUT2D eigenvalue weighted by Crippen LogP contribution is -2.04. The van der Waals surface area contributed by atoms with Gasteiger partial charge in [0, 0.05) is 29.4 Å². The third-order valence-electron chi connectivity index (χ3n) is 4.72. The van der Waals surface area contributed by atoms with Gasteiger partial charge in [-0.05, 0) is 42.5 Å². The zero-order valence-corrected chi connectivity index (χ0v) is 15.8. The number of rotatable bonds is 3. The van der Waals surface area contributed by atoms with E-state index in [1.165, 1.54) is 24.0 Å². The van der Waals surface area contributed by atoms with E-state index in [0.717, 1.165) is 5.56 Å². The highest BCUT2D eigenvalue weighted by Gasteiger charge is 2.19. The fraction of sp³-hybridized carbons (Fsp3) is 0.0455. The minimum absolute atomic E-state index is 0.318. The maximum atomic E-state index is 13.6. The van der Waals surface area contributed by atoms with Crippen molar-refractivity contribution in [2.24, 2.45) is 0 Å². The van der Waals surface area contributed by atoms with Crippen LogP contribution in [-0.4, -0.2) is 38.0 Å². The highest BCUT2D eigenvalue weighted by atomic mass is 19.1. The van der Waals surface area contributed by atoms with Crippen molar-refractivity contribution >= 4 is 27.9 Å². The molecule has 0 aliphatic heterocycles. The van der Waals surface area contributed by atoms with Gasteiger partial charge in [-0.1, -0.05) is 6.07 Å². The highest BCUT2D eigenvalue weighted by molar-refractivity contribution is 6.14. The Balaban J connectivity index is 1.79. The molecule has 0 radical (unpaired) electrons. The number of hydrogen-bond acceptors (Lipinski definition) is 6. The van der Waals surface area contributed by atoms with E-state index in [0.29, 0.717) is 38.9 Å². The lowest BCUT2D eigenvalue weighted by atomic mass is 10.0. The number of benzene rings is 2. The first-order chi connectivity index (χ1) is 14.6. The molecule has 0 spiro atoms. The van der Waals surface area contributed by atoms with Gasteiger partial charge < -0.3 is 4.74 Å². The molecule has 0 saturated heterocycles. The Bertz CT molecular complexity index is 1420. The number of fused-ring (bicyclic) bond motifs is 3. The molecule has 0 unspecified atom stereocenters. The second-order valence-corrected chi connectivity index (χ2v) is 6.59. The quantitative estimate of drug-likeness (QED) is 0.427. The van der Waals surface area contributed by atoms with E-state index < -0.39 is 11.8 Å². The van der Waals surface area contributed by atoms with E-state index in [1.807, 2.05) is 6.07 Å². The monoisotopic (exact) mass is 399 g/mol. The van der Waals surface area contributed by atoms with Crippen molar-refractivity contribution in [2.45, 2.75) is 0 Å². The Morgan fingerprint density at radius 1 is 1.03 bits per heavy atom. The van der Waals surface area contributed by atoms with E-state index in [-0.39, 0.29) is 0 Å². The van der Waals surface area contributed by atoms with Gasteiger partial charge in [0.15, 0.2) is 0 Å². The molecule has 8 heteroatoms. The molecule has 146 valence electrons. The lowest BCUT2D eigenvalue weighted by molar-refractivity contribution is 0.0603. The summed E-state index contributed by atoms with van der Waals surface area (Å²) in [4.78, 5) is 22.7. The molecular formula is C22H14FN5O2. The number of carbonyl (C=O) groups excluding carboxylic acids is 1. The molecule has 0 fully saturated rings. The Morgan fingerprint density at radius 3 is 2.67 bits per heavy atom. The van der Waals surface area contributed by atoms with Gasteiger partial charge in [0.25, 0.3) is 0 Å². The van der Waals surface area contributed by atoms with E-state index in [4.69, 9.17) is 4.74 Å². The Morgan fingerprint density at radius 2 is 1.90 bits per heavy atom. The third kappa shape index (κ3) is 2.95. The van der Waals surface area contributed by atoms with E-state index in [2.05, 4.69) is 20.2 Å². The predicted octanol–water partition coefficient (Wildman–Crippen LogP) is 3.96. The number of aromatic nitrogens is 5. The summed E-state index contributed by atoms with van der Waals surface area (Å²) < 4.78 is 18.6. The van der Waals surface area contributed by atoms with Crippen LogP contribution in [0.15, 0.2) is 67.0 Å². The molecule has 30 heavy (non-hydrogen) atoms. The number of nitrogens with zero attached hydrogens (tertiary/aromatic N) is 5. The molecule has 0 amide bonds. The molecule has 0 N–H and O–H groups in total. The third-order valence-corrected chi connectivity index (χ3v) is 4.72. The summed E-state index contributed by atoms with van der Waals surface area (Å²) in [7, 11) is 1.32. The van der Waals surface area contributed by atoms with Crippen LogP contribution < -0.4 is 0 Å². The van der Waals surface area contributed by atoms with Crippen LogP contribution in [0.1, 0.15) is 10.4 Å². The van der Waals surface area contributed by atoms with Gasteiger partial charge in [0.1, 0.15) is 16.9 Å². The fourth-order valence-electron chi connectivity index (χ4n) is 3.35. The number of pyridine rings is 2. The topological polar surface area (TPSA) is 82.8 Å². The average molecular weight is 399 g/mol. The van der Waals surface area contributed by atoms with Crippen LogP contribution in [0.2, 0.25) is 0 Å². The summed E-state index contributed by atoms with van der Waals surface area (Å²) in [6.45, 7) is 0. The van der Waals surface area contributed by atoms with Gasteiger partial charge in [-0.15, -0.1) is 10.2 Å². The summed E-state index contributed by atoms with van der Waals surface area (Å²) in [5, 5.41) is 9.46. The number of carbonyl (C=O) groups is 1. The van der Waals surface area contributed by atoms with E-state index >= 15 is 0 Å². The zero-order chi connectivity index (χ0) is 20.7. The maximum Gasteiger partial charge on any atom is 0.338 e. The molecule has 0 bridgehead atoms. The van der Waals surface area contributed by atoms with E-state index in [9.17, 15) is 9.18 Å². The van der Waals surface area contributed by atoms with Gasteiger partial charge in [-0.3, -0.25) is 4.98 Å². The molecule has 5 rings (SSSR count). The second-order valence-electron chi connectivity index (χ2n) is 6.59. The first-order valence-electron chi connectivity index (χ1n) is 9.09. The van der Waals surface area contributed by atoms with Crippen molar-refractivity contribution in [3.8, 4) is 16.9 Å². The van der Waals surface area contributed by atoms with Crippen molar-refractivity contribution in [1.29, 1.82) is 0 Å².